The van der Waals surface area contributed by atoms with E-state index in [4.69, 9.17) is 4.74 Å². The molecule has 4 rings (SSSR count). The molecule has 1 saturated heterocycles. The molecule has 206 valence electrons. The van der Waals surface area contributed by atoms with Gasteiger partial charge in [0.05, 0.1) is 17.9 Å². The summed E-state index contributed by atoms with van der Waals surface area (Å²) in [6.07, 6.45) is -0.994. The second kappa shape index (κ2) is 11.9. The maximum atomic E-state index is 13.5. The Hall–Kier alpha value is -3.45. The van der Waals surface area contributed by atoms with Crippen molar-refractivity contribution in [2.24, 2.45) is 7.05 Å². The minimum absolute atomic E-state index is 0. The lowest BCUT2D eigenvalue weighted by Gasteiger charge is -2.23. The zero-order valence-corrected chi connectivity index (χ0v) is 21.4. The number of ether oxygens (including phenoxy) is 1. The number of alkyl halides is 3. The number of fused-ring (bicyclic) bond motifs is 1. The third kappa shape index (κ3) is 6.70. The van der Waals surface area contributed by atoms with Gasteiger partial charge < -0.3 is 15.4 Å². The maximum Gasteiger partial charge on any atom is 0.419 e. The van der Waals surface area contributed by atoms with Crippen LogP contribution in [-0.2, 0) is 13.2 Å². The molecule has 3 heterocycles. The summed E-state index contributed by atoms with van der Waals surface area (Å²) in [5.41, 5.74) is -0.832. The van der Waals surface area contributed by atoms with Crippen LogP contribution >= 0.6 is 12.4 Å². The van der Waals surface area contributed by atoms with E-state index in [2.05, 4.69) is 26.0 Å². The van der Waals surface area contributed by atoms with E-state index in [1.165, 1.54) is 6.07 Å². The lowest BCUT2D eigenvalue weighted by Crippen LogP contribution is -2.36. The Bertz CT molecular complexity index is 1320. The number of piperidine rings is 1. The fraction of sp³-hybridized carbons (Fsp3) is 0.417. The van der Waals surface area contributed by atoms with Gasteiger partial charge in [-0.15, -0.1) is 12.4 Å². The number of aryl methyl sites for hydroxylation is 2. The standard InChI is InChI=1S/C24H26F4N6O3.ClH/c1-13-16-12-17(21(35)32-23(36)30-15-6-7-19(25)18(11-15)24(26,27)28)22(31-20(16)34(2)33-13)37-10-8-14-5-3-4-9-29-14;/h6-7,11-12,14,29H,3-5,8-10H2,1-2H3,(H2,30,32,35,36);1H. The highest BCUT2D eigenvalue weighted by Gasteiger charge is 2.34. The van der Waals surface area contributed by atoms with Crippen LogP contribution in [0.15, 0.2) is 24.3 Å². The molecule has 0 radical (unpaired) electrons. The van der Waals surface area contributed by atoms with Crippen molar-refractivity contribution in [3.05, 3.63) is 46.9 Å². The van der Waals surface area contributed by atoms with E-state index in [9.17, 15) is 27.2 Å². The van der Waals surface area contributed by atoms with Gasteiger partial charge in [-0.1, -0.05) is 6.42 Å². The predicted molar refractivity (Wildman–Crippen MR) is 134 cm³/mol. The van der Waals surface area contributed by atoms with Crippen molar-refractivity contribution in [3.63, 3.8) is 0 Å². The number of hydrogen-bond donors (Lipinski definition) is 3. The molecule has 1 unspecified atom stereocenters. The maximum absolute atomic E-state index is 13.5. The van der Waals surface area contributed by atoms with Crippen LogP contribution in [0.3, 0.4) is 0 Å². The molecule has 1 aliphatic heterocycles. The number of halogens is 5. The van der Waals surface area contributed by atoms with Gasteiger partial charge in [0.15, 0.2) is 5.65 Å². The molecule has 9 nitrogen and oxygen atoms in total. The molecule has 3 N–H and O–H groups in total. The fourth-order valence-electron chi connectivity index (χ4n) is 4.22. The Balaban J connectivity index is 0.00000400. The predicted octanol–water partition coefficient (Wildman–Crippen LogP) is 4.73. The number of amides is 3. The van der Waals surface area contributed by atoms with Gasteiger partial charge >= 0.3 is 12.2 Å². The van der Waals surface area contributed by atoms with Gasteiger partial charge in [-0.05, 0) is 57.0 Å². The SMILES string of the molecule is Cc1nn(C)c2nc(OCCC3CCCCN3)c(C(=O)NC(=O)Nc3ccc(F)c(C(F)(F)F)c3)cc12.Cl. The summed E-state index contributed by atoms with van der Waals surface area (Å²) in [6, 6.07) is 2.66. The van der Waals surface area contributed by atoms with E-state index in [1.54, 1.807) is 18.7 Å². The first kappa shape index (κ1) is 29.1. The Morgan fingerprint density at radius 2 is 2.00 bits per heavy atom. The number of nitrogens with one attached hydrogen (secondary N) is 3. The number of urea groups is 1. The van der Waals surface area contributed by atoms with Crippen LogP contribution in [0, 0.1) is 12.7 Å². The lowest BCUT2D eigenvalue weighted by molar-refractivity contribution is -0.139. The Morgan fingerprint density at radius 1 is 1.24 bits per heavy atom. The number of rotatable bonds is 6. The van der Waals surface area contributed by atoms with E-state index in [0.29, 0.717) is 35.3 Å². The van der Waals surface area contributed by atoms with E-state index in [-0.39, 0.29) is 42.2 Å². The van der Waals surface area contributed by atoms with Crippen molar-refractivity contribution in [1.29, 1.82) is 0 Å². The number of benzene rings is 1. The Labute approximate surface area is 221 Å². The second-order valence-corrected chi connectivity index (χ2v) is 8.81. The Kier molecular flexibility index (Phi) is 9.15. The van der Waals surface area contributed by atoms with Crippen LogP contribution in [0.5, 0.6) is 5.88 Å². The topological polar surface area (TPSA) is 110 Å². The van der Waals surface area contributed by atoms with Crippen LogP contribution < -0.4 is 20.7 Å². The van der Waals surface area contributed by atoms with E-state index in [0.717, 1.165) is 31.9 Å². The number of anilines is 1. The quantitative estimate of drug-likeness (QED) is 0.377. The van der Waals surface area contributed by atoms with Crippen molar-refractivity contribution in [1.82, 2.24) is 25.4 Å². The van der Waals surface area contributed by atoms with Crippen LogP contribution in [0.2, 0.25) is 0 Å². The molecule has 0 spiro atoms. The molecule has 2 aromatic heterocycles. The smallest absolute Gasteiger partial charge is 0.419 e. The molecule has 0 aliphatic carbocycles. The van der Waals surface area contributed by atoms with E-state index < -0.39 is 29.5 Å². The number of hydrogen-bond acceptors (Lipinski definition) is 6. The molecule has 1 atom stereocenters. The molecular formula is C24H27ClF4N6O3. The molecule has 1 aliphatic rings. The van der Waals surface area contributed by atoms with E-state index >= 15 is 0 Å². The highest BCUT2D eigenvalue weighted by Crippen LogP contribution is 2.33. The molecule has 3 aromatic rings. The van der Waals surface area contributed by atoms with Crippen LogP contribution in [0.25, 0.3) is 11.0 Å². The summed E-state index contributed by atoms with van der Waals surface area (Å²) in [5.74, 6) is -2.36. The van der Waals surface area contributed by atoms with Crippen LogP contribution in [0.1, 0.15) is 47.3 Å². The van der Waals surface area contributed by atoms with Gasteiger partial charge in [0, 0.05) is 24.2 Å². The van der Waals surface area contributed by atoms with E-state index in [1.807, 2.05) is 0 Å². The summed E-state index contributed by atoms with van der Waals surface area (Å²) in [4.78, 5) is 29.8. The van der Waals surface area contributed by atoms with Crippen molar-refractivity contribution < 1.29 is 31.9 Å². The molecule has 0 bridgehead atoms. The van der Waals surface area contributed by atoms with Crippen molar-refractivity contribution in [3.8, 4) is 5.88 Å². The van der Waals surface area contributed by atoms with Crippen molar-refractivity contribution >= 4 is 41.1 Å². The first-order valence-electron chi connectivity index (χ1n) is 11.7. The number of aromatic nitrogens is 3. The van der Waals surface area contributed by atoms with Gasteiger partial charge in [0.2, 0.25) is 5.88 Å². The monoisotopic (exact) mass is 558 g/mol. The zero-order valence-electron chi connectivity index (χ0n) is 20.6. The zero-order chi connectivity index (χ0) is 26.7. The average Bonchev–Trinajstić information content (AvgIpc) is 3.12. The van der Waals surface area contributed by atoms with Gasteiger partial charge in [0.25, 0.3) is 5.91 Å². The Morgan fingerprint density at radius 3 is 2.68 bits per heavy atom. The number of pyridine rings is 1. The summed E-state index contributed by atoms with van der Waals surface area (Å²) in [6.45, 7) is 2.94. The number of imide groups is 1. The van der Waals surface area contributed by atoms with Crippen LogP contribution in [-0.4, -0.2) is 45.9 Å². The molecule has 14 heteroatoms. The number of carbonyl (C=O) groups excluding carboxylic acids is 2. The fourth-order valence-corrected chi connectivity index (χ4v) is 4.22. The second-order valence-electron chi connectivity index (χ2n) is 8.81. The normalized spacial score (nSPS) is 15.6. The third-order valence-electron chi connectivity index (χ3n) is 6.08. The largest absolute Gasteiger partial charge is 0.477 e. The van der Waals surface area contributed by atoms with Crippen molar-refractivity contribution in [2.45, 2.75) is 44.8 Å². The van der Waals surface area contributed by atoms with Gasteiger partial charge in [-0.3, -0.25) is 14.8 Å². The van der Waals surface area contributed by atoms with Gasteiger partial charge in [0.1, 0.15) is 11.4 Å². The summed E-state index contributed by atoms with van der Waals surface area (Å²) < 4.78 is 59.8. The molecular weight excluding hydrogens is 532 g/mol. The molecule has 38 heavy (non-hydrogen) atoms. The number of carbonyl (C=O) groups is 2. The van der Waals surface area contributed by atoms with Gasteiger partial charge in [-0.2, -0.15) is 23.3 Å². The summed E-state index contributed by atoms with van der Waals surface area (Å²) in [7, 11) is 1.70. The highest BCUT2D eigenvalue weighted by atomic mass is 35.5. The van der Waals surface area contributed by atoms with Gasteiger partial charge in [-0.25, -0.2) is 9.18 Å². The van der Waals surface area contributed by atoms with Crippen molar-refractivity contribution in [2.75, 3.05) is 18.5 Å². The first-order chi connectivity index (χ1) is 17.5. The molecule has 0 saturated carbocycles. The molecule has 1 fully saturated rings. The lowest BCUT2D eigenvalue weighted by atomic mass is 10.0. The first-order valence-corrected chi connectivity index (χ1v) is 11.7. The number of nitrogens with zero attached hydrogens (tertiary/aromatic N) is 3. The van der Waals surface area contributed by atoms with Crippen LogP contribution in [0.4, 0.5) is 28.0 Å². The summed E-state index contributed by atoms with van der Waals surface area (Å²) >= 11 is 0. The molecule has 1 aromatic carbocycles. The highest BCUT2D eigenvalue weighted by molar-refractivity contribution is 6.10. The average molecular weight is 559 g/mol. The minimum Gasteiger partial charge on any atom is -0.477 e. The minimum atomic E-state index is -4.95. The third-order valence-corrected chi connectivity index (χ3v) is 6.08. The molecule has 3 amide bonds. The summed E-state index contributed by atoms with van der Waals surface area (Å²) in [5, 5.41) is 12.5.